The maximum atomic E-state index is 10.2. The van der Waals surface area contributed by atoms with Gasteiger partial charge in [0.2, 0.25) is 0 Å². The van der Waals surface area contributed by atoms with Crippen LogP contribution in [0.1, 0.15) is 72.1 Å². The molecule has 0 unspecified atom stereocenters. The quantitative estimate of drug-likeness (QED) is 0.589. The summed E-state index contributed by atoms with van der Waals surface area (Å²) >= 11 is 0. The van der Waals surface area contributed by atoms with Crippen molar-refractivity contribution in [2.45, 2.75) is 103 Å². The fraction of sp³-hybridized carbons (Fsp3) is 1.00. The maximum Gasteiger partial charge on any atom is 0.190 e. The number of rotatable bonds is 11. The van der Waals surface area contributed by atoms with Gasteiger partial charge in [0.1, 0.15) is 18.3 Å². The molecule has 0 bridgehead atoms. The third kappa shape index (κ3) is 5.98. The van der Waals surface area contributed by atoms with Crippen LogP contribution in [-0.4, -0.2) is 48.7 Å². The Balaban J connectivity index is 1.47. The van der Waals surface area contributed by atoms with Crippen LogP contribution in [0.15, 0.2) is 0 Å². The molecular weight excluding hydrogens is 296 g/mol. The van der Waals surface area contributed by atoms with Gasteiger partial charge < -0.3 is 24.1 Å². The SMILES string of the molecule is CCCCCCCCCCOC[C@H]1O[C@@H]2OC(C)(C)O[C@@H]2[C@H]1O. The normalized spacial score (nSPS) is 32.3. The van der Waals surface area contributed by atoms with Crippen LogP contribution in [0.5, 0.6) is 0 Å². The van der Waals surface area contributed by atoms with Gasteiger partial charge in [0.25, 0.3) is 0 Å². The Bertz CT molecular complexity index is 333. The number of hydrogen-bond acceptors (Lipinski definition) is 5. The Morgan fingerprint density at radius 2 is 1.61 bits per heavy atom. The number of aliphatic hydroxyl groups excluding tert-OH is 1. The zero-order valence-electron chi connectivity index (χ0n) is 15.0. The molecular formula is C18H34O5. The molecule has 0 radical (unpaired) electrons. The molecule has 0 amide bonds. The predicted molar refractivity (Wildman–Crippen MR) is 88.1 cm³/mol. The van der Waals surface area contributed by atoms with E-state index in [1.165, 1.54) is 44.9 Å². The minimum absolute atomic E-state index is 0.352. The van der Waals surface area contributed by atoms with E-state index in [4.69, 9.17) is 18.9 Å². The highest BCUT2D eigenvalue weighted by Crippen LogP contribution is 2.37. The van der Waals surface area contributed by atoms with E-state index < -0.39 is 24.3 Å². The van der Waals surface area contributed by atoms with Crippen molar-refractivity contribution in [3.05, 3.63) is 0 Å². The number of unbranched alkanes of at least 4 members (excludes halogenated alkanes) is 7. The van der Waals surface area contributed by atoms with Gasteiger partial charge >= 0.3 is 0 Å². The standard InChI is InChI=1S/C18H34O5/c1-4-5-6-7-8-9-10-11-12-20-13-14-15(19)16-17(21-14)23-18(2,3)22-16/h14-17,19H,4-13H2,1-3H3/t14-,15+,16-,17-/m1/s1. The van der Waals surface area contributed by atoms with E-state index in [-0.39, 0.29) is 6.10 Å². The number of aliphatic hydroxyl groups is 1. The van der Waals surface area contributed by atoms with Crippen molar-refractivity contribution in [1.29, 1.82) is 0 Å². The van der Waals surface area contributed by atoms with Crippen molar-refractivity contribution in [3.63, 3.8) is 0 Å². The molecule has 5 nitrogen and oxygen atoms in total. The fourth-order valence-corrected chi connectivity index (χ4v) is 3.23. The van der Waals surface area contributed by atoms with E-state index in [0.717, 1.165) is 13.0 Å². The largest absolute Gasteiger partial charge is 0.387 e. The summed E-state index contributed by atoms with van der Waals surface area (Å²) in [5.74, 6) is -0.681. The number of fused-ring (bicyclic) bond motifs is 1. The topological polar surface area (TPSA) is 57.2 Å². The molecule has 5 heteroatoms. The lowest BCUT2D eigenvalue weighted by Crippen LogP contribution is -2.36. The van der Waals surface area contributed by atoms with Gasteiger partial charge in [-0.3, -0.25) is 0 Å². The molecule has 1 N–H and O–H groups in total. The van der Waals surface area contributed by atoms with Gasteiger partial charge in [0.05, 0.1) is 6.61 Å². The van der Waals surface area contributed by atoms with Crippen molar-refractivity contribution < 1.29 is 24.1 Å². The lowest BCUT2D eigenvalue weighted by molar-refractivity contribution is -0.220. The van der Waals surface area contributed by atoms with E-state index in [1.54, 1.807) is 0 Å². The van der Waals surface area contributed by atoms with E-state index >= 15 is 0 Å². The Labute approximate surface area is 140 Å². The summed E-state index contributed by atoms with van der Waals surface area (Å²) in [6, 6.07) is 0. The minimum Gasteiger partial charge on any atom is -0.387 e. The lowest BCUT2D eigenvalue weighted by Gasteiger charge is -2.22. The molecule has 2 heterocycles. The first-order valence-corrected chi connectivity index (χ1v) is 9.30. The summed E-state index contributed by atoms with van der Waals surface area (Å²) in [7, 11) is 0. The Morgan fingerprint density at radius 1 is 0.957 bits per heavy atom. The highest BCUT2D eigenvalue weighted by Gasteiger charge is 2.54. The van der Waals surface area contributed by atoms with Gasteiger partial charge in [0.15, 0.2) is 12.1 Å². The fourth-order valence-electron chi connectivity index (χ4n) is 3.23. The second-order valence-corrected chi connectivity index (χ2v) is 7.18. The average Bonchev–Trinajstić information content (AvgIpc) is 2.95. The van der Waals surface area contributed by atoms with Gasteiger partial charge in [0, 0.05) is 6.61 Å². The highest BCUT2D eigenvalue weighted by atomic mass is 16.8. The first-order chi connectivity index (χ1) is 11.0. The van der Waals surface area contributed by atoms with Crippen LogP contribution in [0.2, 0.25) is 0 Å². The smallest absolute Gasteiger partial charge is 0.190 e. The predicted octanol–water partition coefficient (Wildman–Crippen LogP) is 3.38. The van der Waals surface area contributed by atoms with Crippen molar-refractivity contribution >= 4 is 0 Å². The van der Waals surface area contributed by atoms with Crippen LogP contribution in [0, 0.1) is 0 Å². The summed E-state index contributed by atoms with van der Waals surface area (Å²) in [6.45, 7) is 7.03. The molecule has 0 aromatic heterocycles. The van der Waals surface area contributed by atoms with E-state index in [9.17, 15) is 5.11 Å². The minimum atomic E-state index is -0.681. The van der Waals surface area contributed by atoms with E-state index in [0.29, 0.717) is 6.61 Å². The molecule has 0 aromatic carbocycles. The maximum absolute atomic E-state index is 10.2. The van der Waals surface area contributed by atoms with Crippen LogP contribution in [0.4, 0.5) is 0 Å². The molecule has 0 saturated carbocycles. The summed E-state index contributed by atoms with van der Waals surface area (Å²) in [4.78, 5) is 0. The molecule has 2 saturated heterocycles. The Morgan fingerprint density at radius 3 is 2.26 bits per heavy atom. The highest BCUT2D eigenvalue weighted by molar-refractivity contribution is 4.92. The first-order valence-electron chi connectivity index (χ1n) is 9.30. The molecule has 2 rings (SSSR count). The molecule has 2 aliphatic rings. The van der Waals surface area contributed by atoms with Crippen LogP contribution < -0.4 is 0 Å². The van der Waals surface area contributed by atoms with Crippen molar-refractivity contribution in [1.82, 2.24) is 0 Å². The summed E-state index contributed by atoms with van der Waals surface area (Å²) in [6.07, 6.45) is 8.39. The van der Waals surface area contributed by atoms with Gasteiger partial charge in [-0.2, -0.15) is 0 Å². The molecule has 136 valence electrons. The number of ether oxygens (including phenoxy) is 4. The van der Waals surface area contributed by atoms with Gasteiger partial charge in [-0.25, -0.2) is 0 Å². The third-order valence-corrected chi connectivity index (χ3v) is 4.54. The molecule has 4 atom stereocenters. The van der Waals surface area contributed by atoms with E-state index in [1.807, 2.05) is 13.8 Å². The van der Waals surface area contributed by atoms with Gasteiger partial charge in [-0.15, -0.1) is 0 Å². The summed E-state index contributed by atoms with van der Waals surface area (Å²) < 4.78 is 22.6. The first kappa shape index (κ1) is 19.1. The molecule has 2 fully saturated rings. The van der Waals surface area contributed by atoms with Crippen LogP contribution >= 0.6 is 0 Å². The van der Waals surface area contributed by atoms with Gasteiger partial charge in [-0.1, -0.05) is 51.9 Å². The monoisotopic (exact) mass is 330 g/mol. The molecule has 0 spiro atoms. The second-order valence-electron chi connectivity index (χ2n) is 7.18. The second kappa shape index (κ2) is 9.33. The van der Waals surface area contributed by atoms with Crippen molar-refractivity contribution in [3.8, 4) is 0 Å². The van der Waals surface area contributed by atoms with Crippen LogP contribution in [-0.2, 0) is 18.9 Å². The lowest BCUT2D eigenvalue weighted by atomic mass is 10.1. The van der Waals surface area contributed by atoms with Crippen LogP contribution in [0.25, 0.3) is 0 Å². The summed E-state index contributed by atoms with van der Waals surface area (Å²) in [5.41, 5.74) is 0. The van der Waals surface area contributed by atoms with Crippen LogP contribution in [0.3, 0.4) is 0 Å². The molecule has 23 heavy (non-hydrogen) atoms. The average molecular weight is 330 g/mol. The zero-order chi connectivity index (χ0) is 16.7. The molecule has 2 aliphatic heterocycles. The molecule has 0 aromatic rings. The Hall–Kier alpha value is -0.200. The van der Waals surface area contributed by atoms with Gasteiger partial charge in [-0.05, 0) is 20.3 Å². The third-order valence-electron chi connectivity index (χ3n) is 4.54. The summed E-state index contributed by atoms with van der Waals surface area (Å²) in [5, 5.41) is 10.2. The zero-order valence-corrected chi connectivity index (χ0v) is 15.0. The van der Waals surface area contributed by atoms with E-state index in [2.05, 4.69) is 6.92 Å². The molecule has 0 aliphatic carbocycles. The number of hydrogen-bond donors (Lipinski definition) is 1. The van der Waals surface area contributed by atoms with Crippen molar-refractivity contribution in [2.75, 3.05) is 13.2 Å². The Kier molecular flexibility index (Phi) is 7.76. The van der Waals surface area contributed by atoms with Crippen molar-refractivity contribution in [2.24, 2.45) is 0 Å².